The maximum Gasteiger partial charge on any atom is 0.348 e. The molecular weight excluding hydrogens is 470 g/mol. The lowest BCUT2D eigenvalue weighted by molar-refractivity contribution is 0.0527. The van der Waals surface area contributed by atoms with Crippen LogP contribution in [0, 0.1) is 18.3 Å². The number of thiazole rings is 1. The number of hydrogen-bond acceptors (Lipinski definition) is 9. The number of rotatable bonds is 9. The number of carbonyl (C=O) groups is 2. The van der Waals surface area contributed by atoms with Crippen molar-refractivity contribution in [2.45, 2.75) is 34.1 Å². The Balaban J connectivity index is 1.91. The Morgan fingerprint density at radius 1 is 1.12 bits per heavy atom. The van der Waals surface area contributed by atoms with Gasteiger partial charge in [-0.25, -0.2) is 14.6 Å². The van der Waals surface area contributed by atoms with Gasteiger partial charge in [0, 0.05) is 17.1 Å². The second kappa shape index (κ2) is 11.6. The van der Waals surface area contributed by atoms with E-state index in [4.69, 9.17) is 9.47 Å². The molecule has 0 aliphatic carbocycles. The summed E-state index contributed by atoms with van der Waals surface area (Å²) < 4.78 is 10.3. The summed E-state index contributed by atoms with van der Waals surface area (Å²) in [5.74, 6) is -1.06. The van der Waals surface area contributed by atoms with E-state index in [1.807, 2.05) is 17.5 Å². The van der Waals surface area contributed by atoms with Gasteiger partial charge in [-0.15, -0.1) is 22.7 Å². The second-order valence-electron chi connectivity index (χ2n) is 7.10. The summed E-state index contributed by atoms with van der Waals surface area (Å²) in [6.07, 6.45) is 2.45. The van der Waals surface area contributed by atoms with Crippen molar-refractivity contribution < 1.29 is 19.1 Å². The smallest absolute Gasteiger partial charge is 0.348 e. The lowest BCUT2D eigenvalue weighted by Gasteiger charge is -2.05. The highest BCUT2D eigenvalue weighted by Gasteiger charge is 2.26. The second-order valence-corrected chi connectivity index (χ2v) is 8.98. The largest absolute Gasteiger partial charge is 0.462 e. The van der Waals surface area contributed by atoms with Gasteiger partial charge < -0.3 is 14.8 Å². The van der Waals surface area contributed by atoms with Crippen LogP contribution in [0.15, 0.2) is 35.8 Å². The summed E-state index contributed by atoms with van der Waals surface area (Å²) in [6.45, 7) is 7.62. The number of benzene rings is 1. The summed E-state index contributed by atoms with van der Waals surface area (Å²) in [7, 11) is 0. The van der Waals surface area contributed by atoms with Gasteiger partial charge in [-0.3, -0.25) is 0 Å². The number of aromatic nitrogens is 1. The number of thiophene rings is 1. The predicted octanol–water partition coefficient (Wildman–Crippen LogP) is 6.07. The van der Waals surface area contributed by atoms with Crippen molar-refractivity contribution in [3.8, 4) is 17.3 Å². The van der Waals surface area contributed by atoms with Crippen LogP contribution in [0.4, 0.5) is 5.00 Å². The number of anilines is 1. The van der Waals surface area contributed by atoms with Crippen molar-refractivity contribution >= 4 is 45.2 Å². The molecule has 3 rings (SSSR count). The fraction of sp³-hybridized carbons (Fsp3) is 0.280. The zero-order chi connectivity index (χ0) is 24.7. The molecule has 2 heterocycles. The first-order chi connectivity index (χ1) is 16.4. The normalized spacial score (nSPS) is 11.1. The van der Waals surface area contributed by atoms with Gasteiger partial charge in [0.15, 0.2) is 0 Å². The molecule has 0 radical (unpaired) electrons. The van der Waals surface area contributed by atoms with E-state index in [0.29, 0.717) is 26.0 Å². The molecule has 0 amide bonds. The summed E-state index contributed by atoms with van der Waals surface area (Å²) in [4.78, 5) is 29.8. The molecule has 0 aliphatic rings. The van der Waals surface area contributed by atoms with E-state index in [9.17, 15) is 14.9 Å². The first kappa shape index (κ1) is 25.1. The van der Waals surface area contributed by atoms with Gasteiger partial charge in [0.2, 0.25) is 0 Å². The molecule has 7 nitrogen and oxygen atoms in total. The number of nitriles is 1. The van der Waals surface area contributed by atoms with E-state index in [1.54, 1.807) is 20.8 Å². The summed E-state index contributed by atoms with van der Waals surface area (Å²) in [5.41, 5.74) is 4.03. The monoisotopic (exact) mass is 495 g/mol. The molecule has 0 spiro atoms. The number of nitrogens with zero attached hydrogens (tertiary/aromatic N) is 2. The fourth-order valence-electron chi connectivity index (χ4n) is 3.18. The van der Waals surface area contributed by atoms with Gasteiger partial charge >= 0.3 is 11.9 Å². The zero-order valence-corrected chi connectivity index (χ0v) is 21.1. The van der Waals surface area contributed by atoms with Crippen LogP contribution in [-0.4, -0.2) is 30.1 Å². The minimum Gasteiger partial charge on any atom is -0.462 e. The van der Waals surface area contributed by atoms with E-state index in [2.05, 4.69) is 35.4 Å². The van der Waals surface area contributed by atoms with Crippen LogP contribution in [0.2, 0.25) is 0 Å². The van der Waals surface area contributed by atoms with Crippen molar-refractivity contribution in [1.29, 1.82) is 5.26 Å². The quantitative estimate of drug-likeness (QED) is 0.284. The Hall–Kier alpha value is -3.48. The van der Waals surface area contributed by atoms with Crippen molar-refractivity contribution in [2.24, 2.45) is 0 Å². The maximum atomic E-state index is 12.6. The number of esters is 2. The fourth-order valence-corrected chi connectivity index (χ4v) is 5.03. The maximum absolute atomic E-state index is 12.6. The van der Waals surface area contributed by atoms with E-state index >= 15 is 0 Å². The lowest BCUT2D eigenvalue weighted by Crippen LogP contribution is -2.09. The Morgan fingerprint density at radius 3 is 2.41 bits per heavy atom. The third-order valence-electron chi connectivity index (χ3n) is 4.95. The van der Waals surface area contributed by atoms with Crippen LogP contribution >= 0.6 is 22.7 Å². The average Bonchev–Trinajstić information content (AvgIpc) is 3.45. The molecule has 176 valence electrons. The van der Waals surface area contributed by atoms with Crippen LogP contribution < -0.4 is 5.32 Å². The number of aryl methyl sites for hydroxylation is 1. The molecule has 0 fully saturated rings. The van der Waals surface area contributed by atoms with Gasteiger partial charge in [-0.05, 0) is 38.3 Å². The van der Waals surface area contributed by atoms with Gasteiger partial charge in [-0.2, -0.15) is 5.26 Å². The number of nitrogens with one attached hydrogen (secondary N) is 1. The molecule has 3 aromatic rings. The van der Waals surface area contributed by atoms with Gasteiger partial charge in [0.05, 0.1) is 24.5 Å². The van der Waals surface area contributed by atoms with E-state index < -0.39 is 11.9 Å². The van der Waals surface area contributed by atoms with Gasteiger partial charge in [-0.1, -0.05) is 31.2 Å². The van der Waals surface area contributed by atoms with E-state index in [-0.39, 0.29) is 18.8 Å². The molecule has 0 saturated carbocycles. The van der Waals surface area contributed by atoms with E-state index in [1.165, 1.54) is 23.1 Å². The van der Waals surface area contributed by atoms with Crippen LogP contribution in [0.1, 0.15) is 56.9 Å². The number of carbonyl (C=O) groups excluding carboxylic acids is 2. The topological polar surface area (TPSA) is 101 Å². The average molecular weight is 496 g/mol. The predicted molar refractivity (Wildman–Crippen MR) is 135 cm³/mol. The van der Waals surface area contributed by atoms with Crippen molar-refractivity contribution in [2.75, 3.05) is 18.5 Å². The first-order valence-corrected chi connectivity index (χ1v) is 12.5. The Bertz CT molecular complexity index is 1250. The summed E-state index contributed by atoms with van der Waals surface area (Å²) in [5, 5.41) is 15.6. The van der Waals surface area contributed by atoms with Crippen LogP contribution in [0.3, 0.4) is 0 Å². The summed E-state index contributed by atoms with van der Waals surface area (Å²) >= 11 is 2.44. The Labute approximate surface area is 206 Å². The van der Waals surface area contributed by atoms with Gasteiger partial charge in [0.25, 0.3) is 0 Å². The summed E-state index contributed by atoms with van der Waals surface area (Å²) in [6, 6.07) is 10.3. The van der Waals surface area contributed by atoms with Crippen LogP contribution in [0.5, 0.6) is 0 Å². The zero-order valence-electron chi connectivity index (χ0n) is 19.4. The van der Waals surface area contributed by atoms with Crippen LogP contribution in [-0.2, 0) is 15.9 Å². The molecule has 0 saturated heterocycles. The molecule has 9 heteroatoms. The third-order valence-corrected chi connectivity index (χ3v) is 7.03. The lowest BCUT2D eigenvalue weighted by atomic mass is 10.1. The number of ether oxygens (including phenoxy) is 2. The molecule has 34 heavy (non-hydrogen) atoms. The minimum absolute atomic E-state index is 0.197. The van der Waals surface area contributed by atoms with Crippen molar-refractivity contribution in [3.05, 3.63) is 62.4 Å². The standard InChI is InChI=1S/C25H25N3O4S2/c1-5-16-8-10-17(11-9-16)19-14-33-22(28-19)18(12-26)13-27-23-20(24(29)31-6-2)15(4)21(34-23)25(30)32-7-3/h8-11,13-14,27H,5-7H2,1-4H3/b18-13-. The highest BCUT2D eigenvalue weighted by Crippen LogP contribution is 2.35. The van der Waals surface area contributed by atoms with E-state index in [0.717, 1.165) is 29.0 Å². The van der Waals surface area contributed by atoms with Crippen molar-refractivity contribution in [3.63, 3.8) is 0 Å². The molecule has 0 aliphatic heterocycles. The Morgan fingerprint density at radius 2 is 1.79 bits per heavy atom. The number of allylic oxidation sites excluding steroid dienone is 1. The Kier molecular flexibility index (Phi) is 8.57. The number of hydrogen-bond donors (Lipinski definition) is 1. The molecule has 1 N–H and O–H groups in total. The van der Waals surface area contributed by atoms with Crippen LogP contribution in [0.25, 0.3) is 16.8 Å². The molecule has 2 aromatic heterocycles. The molecule has 0 unspecified atom stereocenters. The SMILES string of the molecule is CCOC(=O)c1sc(N/C=C(/C#N)c2nc(-c3ccc(CC)cc3)cs2)c(C(=O)OCC)c1C. The van der Waals surface area contributed by atoms with Crippen molar-refractivity contribution in [1.82, 2.24) is 4.98 Å². The molecule has 0 atom stereocenters. The van der Waals surface area contributed by atoms with Gasteiger partial charge in [0.1, 0.15) is 26.5 Å². The highest BCUT2D eigenvalue weighted by atomic mass is 32.1. The third kappa shape index (κ3) is 5.53. The minimum atomic E-state index is -0.548. The highest BCUT2D eigenvalue weighted by molar-refractivity contribution is 7.18. The first-order valence-electron chi connectivity index (χ1n) is 10.8. The molecule has 1 aromatic carbocycles. The molecular formula is C25H25N3O4S2. The molecule has 0 bridgehead atoms.